The second-order valence-corrected chi connectivity index (χ2v) is 6.59. The molecular formula is C19H17F3N4O. The zero-order chi connectivity index (χ0) is 19.0. The number of benzene rings is 1. The van der Waals surface area contributed by atoms with E-state index in [0.717, 1.165) is 44.5 Å². The van der Waals surface area contributed by atoms with Crippen LogP contribution in [0.5, 0.6) is 0 Å². The molecule has 0 saturated carbocycles. The van der Waals surface area contributed by atoms with Crippen molar-refractivity contribution in [2.75, 3.05) is 13.1 Å². The Bertz CT molecular complexity index is 990. The average Bonchev–Trinajstić information content (AvgIpc) is 3.16. The molecule has 1 amide bonds. The van der Waals surface area contributed by atoms with Crippen LogP contribution in [-0.4, -0.2) is 38.7 Å². The van der Waals surface area contributed by atoms with Gasteiger partial charge in [-0.25, -0.2) is 4.68 Å². The summed E-state index contributed by atoms with van der Waals surface area (Å²) in [6.45, 7) is 1.48. The second kappa shape index (κ2) is 6.68. The topological polar surface area (TPSA) is 51.0 Å². The Morgan fingerprint density at radius 2 is 1.85 bits per heavy atom. The molecule has 1 fully saturated rings. The first kappa shape index (κ1) is 17.5. The minimum Gasteiger partial charge on any atom is -0.339 e. The van der Waals surface area contributed by atoms with Crippen LogP contribution < -0.4 is 0 Å². The molecule has 0 atom stereocenters. The molecule has 0 aliphatic carbocycles. The van der Waals surface area contributed by atoms with Gasteiger partial charge in [0.1, 0.15) is 0 Å². The third-order valence-corrected chi connectivity index (χ3v) is 4.77. The molecule has 0 bridgehead atoms. The number of fused-ring (bicyclic) bond motifs is 1. The van der Waals surface area contributed by atoms with Crippen LogP contribution in [0.25, 0.3) is 16.6 Å². The maximum absolute atomic E-state index is 12.9. The lowest BCUT2D eigenvalue weighted by atomic mass is 10.1. The fraction of sp³-hybridized carbons (Fsp3) is 0.316. The molecule has 5 nitrogen and oxygen atoms in total. The van der Waals surface area contributed by atoms with Crippen molar-refractivity contribution < 1.29 is 18.0 Å². The molecule has 0 unspecified atom stereocenters. The summed E-state index contributed by atoms with van der Waals surface area (Å²) < 4.78 is 40.3. The highest BCUT2D eigenvalue weighted by Gasteiger charge is 2.30. The smallest absolute Gasteiger partial charge is 0.339 e. The van der Waals surface area contributed by atoms with Crippen molar-refractivity contribution in [3.05, 3.63) is 54.0 Å². The summed E-state index contributed by atoms with van der Waals surface area (Å²) in [6, 6.07) is 5.09. The number of pyridine rings is 1. The maximum atomic E-state index is 12.9. The van der Waals surface area contributed by atoms with Gasteiger partial charge in [0.2, 0.25) is 0 Å². The fourth-order valence-electron chi connectivity index (χ4n) is 3.35. The Morgan fingerprint density at radius 3 is 2.59 bits per heavy atom. The molecule has 3 heterocycles. The third-order valence-electron chi connectivity index (χ3n) is 4.77. The molecule has 27 heavy (non-hydrogen) atoms. The number of amides is 1. The van der Waals surface area contributed by atoms with E-state index in [4.69, 9.17) is 0 Å². The molecule has 8 heteroatoms. The number of likely N-dealkylation sites (tertiary alicyclic amines) is 1. The van der Waals surface area contributed by atoms with E-state index in [-0.39, 0.29) is 11.4 Å². The van der Waals surface area contributed by atoms with Gasteiger partial charge in [-0.05, 0) is 37.5 Å². The van der Waals surface area contributed by atoms with Crippen molar-refractivity contribution >= 4 is 16.8 Å². The van der Waals surface area contributed by atoms with Crippen LogP contribution in [0.15, 0.2) is 42.9 Å². The summed E-state index contributed by atoms with van der Waals surface area (Å²) in [6.07, 6.45) is 3.24. The number of hydrogen-bond donors (Lipinski definition) is 0. The number of carbonyl (C=O) groups is 1. The lowest BCUT2D eigenvalue weighted by Crippen LogP contribution is -2.35. The first-order valence-electron chi connectivity index (χ1n) is 8.74. The van der Waals surface area contributed by atoms with Crippen molar-refractivity contribution in [3.8, 4) is 5.69 Å². The van der Waals surface area contributed by atoms with Crippen molar-refractivity contribution in [1.82, 2.24) is 19.7 Å². The highest BCUT2D eigenvalue weighted by atomic mass is 19.4. The molecule has 0 radical (unpaired) electrons. The molecule has 1 saturated heterocycles. The molecule has 1 aliphatic heterocycles. The van der Waals surface area contributed by atoms with Gasteiger partial charge >= 0.3 is 6.18 Å². The van der Waals surface area contributed by atoms with Gasteiger partial charge in [0.15, 0.2) is 0 Å². The lowest BCUT2D eigenvalue weighted by molar-refractivity contribution is -0.137. The Hall–Kier alpha value is -2.90. The number of halogens is 3. The standard InChI is InChI=1S/C19H17F3N4O/c20-19(21,22)14-4-5-15-16(10-14)23-7-6-17(15)26-12-13(11-24-26)18(27)25-8-2-1-3-9-25/h4-7,10-12H,1-3,8-9H2. The van der Waals surface area contributed by atoms with Gasteiger partial charge in [0, 0.05) is 30.9 Å². The summed E-state index contributed by atoms with van der Waals surface area (Å²) in [5.74, 6) is -0.0707. The van der Waals surface area contributed by atoms with Crippen molar-refractivity contribution in [2.24, 2.45) is 0 Å². The van der Waals surface area contributed by atoms with E-state index in [0.29, 0.717) is 16.6 Å². The van der Waals surface area contributed by atoms with E-state index in [1.54, 1.807) is 12.3 Å². The first-order valence-corrected chi connectivity index (χ1v) is 8.74. The van der Waals surface area contributed by atoms with E-state index in [2.05, 4.69) is 10.1 Å². The number of alkyl halides is 3. The van der Waals surface area contributed by atoms with Gasteiger partial charge in [0.05, 0.1) is 28.5 Å². The summed E-state index contributed by atoms with van der Waals surface area (Å²) in [4.78, 5) is 18.4. The average molecular weight is 374 g/mol. The van der Waals surface area contributed by atoms with Gasteiger partial charge in [-0.3, -0.25) is 9.78 Å². The SMILES string of the molecule is O=C(c1cnn(-c2ccnc3cc(C(F)(F)F)ccc23)c1)N1CCCCC1. The monoisotopic (exact) mass is 374 g/mol. The van der Waals surface area contributed by atoms with E-state index in [1.165, 1.54) is 23.1 Å². The minimum atomic E-state index is -4.42. The molecular weight excluding hydrogens is 357 g/mol. The van der Waals surface area contributed by atoms with E-state index < -0.39 is 11.7 Å². The summed E-state index contributed by atoms with van der Waals surface area (Å²) in [5, 5.41) is 4.78. The van der Waals surface area contributed by atoms with Crippen LogP contribution in [0.1, 0.15) is 35.2 Å². The molecule has 4 rings (SSSR count). The van der Waals surface area contributed by atoms with Gasteiger partial charge in [-0.2, -0.15) is 18.3 Å². The molecule has 0 N–H and O–H groups in total. The number of hydrogen-bond acceptors (Lipinski definition) is 3. The second-order valence-electron chi connectivity index (χ2n) is 6.59. The van der Waals surface area contributed by atoms with Crippen LogP contribution in [0.4, 0.5) is 13.2 Å². The highest BCUT2D eigenvalue weighted by molar-refractivity contribution is 5.94. The van der Waals surface area contributed by atoms with E-state index in [9.17, 15) is 18.0 Å². The van der Waals surface area contributed by atoms with Crippen molar-refractivity contribution in [2.45, 2.75) is 25.4 Å². The zero-order valence-corrected chi connectivity index (χ0v) is 14.4. The van der Waals surface area contributed by atoms with Crippen molar-refractivity contribution in [1.29, 1.82) is 0 Å². The van der Waals surface area contributed by atoms with Crippen LogP contribution in [-0.2, 0) is 6.18 Å². The van der Waals surface area contributed by atoms with Crippen LogP contribution in [0.2, 0.25) is 0 Å². The first-order chi connectivity index (χ1) is 12.9. The number of nitrogens with zero attached hydrogens (tertiary/aromatic N) is 4. The minimum absolute atomic E-state index is 0.0707. The Morgan fingerprint density at radius 1 is 1.07 bits per heavy atom. The Balaban J connectivity index is 1.68. The lowest BCUT2D eigenvalue weighted by Gasteiger charge is -2.26. The van der Waals surface area contributed by atoms with E-state index >= 15 is 0 Å². The number of carbonyl (C=O) groups excluding carboxylic acids is 1. The zero-order valence-electron chi connectivity index (χ0n) is 14.4. The third kappa shape index (κ3) is 3.39. The molecule has 0 spiro atoms. The number of aromatic nitrogens is 3. The Labute approximate surface area is 153 Å². The van der Waals surface area contributed by atoms with Crippen LogP contribution >= 0.6 is 0 Å². The largest absolute Gasteiger partial charge is 0.416 e. The Kier molecular flexibility index (Phi) is 4.33. The molecule has 1 aliphatic rings. The van der Waals surface area contributed by atoms with Crippen LogP contribution in [0.3, 0.4) is 0 Å². The number of piperidine rings is 1. The van der Waals surface area contributed by atoms with Gasteiger partial charge in [-0.1, -0.05) is 6.07 Å². The molecule has 2 aromatic heterocycles. The van der Waals surface area contributed by atoms with Gasteiger partial charge < -0.3 is 4.90 Å². The number of rotatable bonds is 2. The van der Waals surface area contributed by atoms with E-state index in [1.807, 2.05) is 4.90 Å². The summed E-state index contributed by atoms with van der Waals surface area (Å²) in [5.41, 5.74) is 0.517. The predicted molar refractivity (Wildman–Crippen MR) is 93.6 cm³/mol. The summed E-state index contributed by atoms with van der Waals surface area (Å²) in [7, 11) is 0. The fourth-order valence-corrected chi connectivity index (χ4v) is 3.35. The van der Waals surface area contributed by atoms with Gasteiger partial charge in [0.25, 0.3) is 5.91 Å². The maximum Gasteiger partial charge on any atom is 0.416 e. The quantitative estimate of drug-likeness (QED) is 0.680. The van der Waals surface area contributed by atoms with Crippen molar-refractivity contribution in [3.63, 3.8) is 0 Å². The summed E-state index contributed by atoms with van der Waals surface area (Å²) >= 11 is 0. The highest BCUT2D eigenvalue weighted by Crippen LogP contribution is 2.32. The molecule has 1 aromatic carbocycles. The molecule has 140 valence electrons. The predicted octanol–water partition coefficient (Wildman–Crippen LogP) is 4.07. The molecule has 3 aromatic rings. The van der Waals surface area contributed by atoms with Gasteiger partial charge in [-0.15, -0.1) is 0 Å². The normalized spacial score (nSPS) is 15.3. The van der Waals surface area contributed by atoms with Crippen LogP contribution in [0, 0.1) is 0 Å².